The van der Waals surface area contributed by atoms with Crippen LogP contribution in [-0.2, 0) is 9.84 Å². The molecule has 1 aromatic carbocycles. The molecule has 1 rings (SSSR count). The van der Waals surface area contributed by atoms with Crippen LogP contribution >= 0.6 is 11.8 Å². The van der Waals surface area contributed by atoms with Crippen molar-refractivity contribution >= 4 is 21.6 Å². The number of hydrogen-bond donors (Lipinski definition) is 2. The number of rotatable bonds is 7. The zero-order valence-electron chi connectivity index (χ0n) is 11.3. The van der Waals surface area contributed by atoms with Gasteiger partial charge in [0.15, 0.2) is 9.84 Å². The molecule has 3 N–H and O–H groups in total. The minimum Gasteiger partial charge on any atom is -0.389 e. The van der Waals surface area contributed by atoms with Crippen molar-refractivity contribution in [3.8, 4) is 0 Å². The molecule has 0 heterocycles. The third-order valence-corrected chi connectivity index (χ3v) is 5.05. The molecule has 1 unspecified atom stereocenters. The molecule has 0 aromatic heterocycles. The van der Waals surface area contributed by atoms with Crippen molar-refractivity contribution in [3.05, 3.63) is 24.3 Å². The Morgan fingerprint density at radius 3 is 2.37 bits per heavy atom. The van der Waals surface area contributed by atoms with E-state index >= 15 is 0 Å². The number of nitrogens with two attached hydrogens (primary N) is 1. The topological polar surface area (TPSA) is 80.4 Å². The van der Waals surface area contributed by atoms with Crippen LogP contribution in [0.15, 0.2) is 34.1 Å². The van der Waals surface area contributed by atoms with Gasteiger partial charge in [0.1, 0.15) is 0 Å². The Kier molecular flexibility index (Phi) is 5.85. The molecule has 0 radical (unpaired) electrons. The Morgan fingerprint density at radius 1 is 1.32 bits per heavy atom. The number of benzene rings is 1. The third-order valence-electron chi connectivity index (χ3n) is 2.82. The molecule has 1 aromatic rings. The van der Waals surface area contributed by atoms with E-state index in [0.717, 1.165) is 17.1 Å². The van der Waals surface area contributed by atoms with Gasteiger partial charge in [0, 0.05) is 17.7 Å². The lowest BCUT2D eigenvalue weighted by atomic mass is 10.0. The van der Waals surface area contributed by atoms with E-state index in [2.05, 4.69) is 0 Å². The van der Waals surface area contributed by atoms with E-state index in [1.54, 1.807) is 30.8 Å². The normalized spacial score (nSPS) is 15.2. The monoisotopic (exact) mass is 303 g/mol. The summed E-state index contributed by atoms with van der Waals surface area (Å²) < 4.78 is 22.6. The molecule has 19 heavy (non-hydrogen) atoms. The van der Waals surface area contributed by atoms with Crippen molar-refractivity contribution < 1.29 is 13.5 Å². The molecule has 6 heteroatoms. The van der Waals surface area contributed by atoms with Crippen molar-refractivity contribution in [1.82, 2.24) is 0 Å². The average molecular weight is 303 g/mol. The summed E-state index contributed by atoms with van der Waals surface area (Å²) in [6.45, 7) is 2.00. The summed E-state index contributed by atoms with van der Waals surface area (Å²) in [5, 5.41) is 9.75. The summed E-state index contributed by atoms with van der Waals surface area (Å²) in [7, 11) is -3.12. The molecule has 0 saturated heterocycles. The van der Waals surface area contributed by atoms with Gasteiger partial charge in [-0.25, -0.2) is 8.42 Å². The molecule has 0 aliphatic heterocycles. The van der Waals surface area contributed by atoms with Crippen LogP contribution < -0.4 is 5.73 Å². The van der Waals surface area contributed by atoms with Crippen LogP contribution in [0.1, 0.15) is 19.8 Å². The van der Waals surface area contributed by atoms with Gasteiger partial charge in [-0.3, -0.25) is 0 Å². The largest absolute Gasteiger partial charge is 0.389 e. The predicted molar refractivity (Wildman–Crippen MR) is 79.2 cm³/mol. The van der Waals surface area contributed by atoms with Gasteiger partial charge in [-0.05, 0) is 49.8 Å². The molecule has 108 valence electrons. The predicted octanol–water partition coefficient (Wildman–Crippen LogP) is 1.67. The molecule has 0 spiro atoms. The SMILES string of the molecule is CC(O)(CN)CCCSc1ccc(S(C)(=O)=O)cc1. The first-order chi connectivity index (χ1) is 8.74. The zero-order valence-corrected chi connectivity index (χ0v) is 12.9. The van der Waals surface area contributed by atoms with Crippen molar-refractivity contribution in [3.63, 3.8) is 0 Å². The van der Waals surface area contributed by atoms with Crippen LogP contribution in [0.5, 0.6) is 0 Å². The molecule has 0 bridgehead atoms. The van der Waals surface area contributed by atoms with E-state index in [4.69, 9.17) is 5.73 Å². The zero-order chi connectivity index (χ0) is 14.5. The highest BCUT2D eigenvalue weighted by Gasteiger charge is 2.16. The van der Waals surface area contributed by atoms with E-state index < -0.39 is 15.4 Å². The fourth-order valence-electron chi connectivity index (χ4n) is 1.53. The number of aliphatic hydroxyl groups is 1. The average Bonchev–Trinajstić information content (AvgIpc) is 2.34. The van der Waals surface area contributed by atoms with Crippen LogP contribution in [0.3, 0.4) is 0 Å². The minimum atomic E-state index is -3.12. The Bertz CT molecular complexity index is 495. The maximum Gasteiger partial charge on any atom is 0.175 e. The van der Waals surface area contributed by atoms with Gasteiger partial charge in [-0.2, -0.15) is 0 Å². The second kappa shape index (κ2) is 6.74. The lowest BCUT2D eigenvalue weighted by Gasteiger charge is -2.20. The Labute approximate surface area is 119 Å². The summed E-state index contributed by atoms with van der Waals surface area (Å²) in [5.74, 6) is 0.869. The summed E-state index contributed by atoms with van der Waals surface area (Å²) in [5.41, 5.74) is 4.65. The van der Waals surface area contributed by atoms with Crippen molar-refractivity contribution in [2.75, 3.05) is 18.6 Å². The van der Waals surface area contributed by atoms with E-state index in [-0.39, 0.29) is 6.54 Å². The maximum atomic E-state index is 11.3. The summed E-state index contributed by atoms with van der Waals surface area (Å²) in [4.78, 5) is 1.36. The number of hydrogen-bond acceptors (Lipinski definition) is 5. The molecule has 0 aliphatic carbocycles. The first-order valence-electron chi connectivity index (χ1n) is 6.10. The van der Waals surface area contributed by atoms with Gasteiger partial charge < -0.3 is 10.8 Å². The third kappa shape index (κ3) is 5.95. The van der Waals surface area contributed by atoms with E-state index in [0.29, 0.717) is 11.3 Å². The number of sulfone groups is 1. The first kappa shape index (κ1) is 16.5. The van der Waals surface area contributed by atoms with Crippen LogP contribution in [-0.4, -0.2) is 37.7 Å². The highest BCUT2D eigenvalue weighted by Crippen LogP contribution is 2.22. The van der Waals surface area contributed by atoms with Crippen LogP contribution in [0.25, 0.3) is 0 Å². The van der Waals surface area contributed by atoms with Crippen molar-refractivity contribution in [2.45, 2.75) is 35.2 Å². The molecule has 0 amide bonds. The lowest BCUT2D eigenvalue weighted by molar-refractivity contribution is 0.0596. The molecule has 0 saturated carbocycles. The van der Waals surface area contributed by atoms with Gasteiger partial charge in [0.2, 0.25) is 0 Å². The van der Waals surface area contributed by atoms with E-state index in [1.807, 2.05) is 12.1 Å². The van der Waals surface area contributed by atoms with Crippen LogP contribution in [0.4, 0.5) is 0 Å². The molecule has 4 nitrogen and oxygen atoms in total. The molecule has 1 atom stereocenters. The van der Waals surface area contributed by atoms with Gasteiger partial charge in [-0.1, -0.05) is 0 Å². The van der Waals surface area contributed by atoms with Crippen LogP contribution in [0.2, 0.25) is 0 Å². The Morgan fingerprint density at radius 2 is 1.89 bits per heavy atom. The van der Waals surface area contributed by atoms with Gasteiger partial charge in [-0.15, -0.1) is 11.8 Å². The Balaban J connectivity index is 2.43. The summed E-state index contributed by atoms with van der Waals surface area (Å²) >= 11 is 1.64. The molecule has 0 fully saturated rings. The first-order valence-corrected chi connectivity index (χ1v) is 8.98. The number of thioether (sulfide) groups is 1. The second-order valence-corrected chi connectivity index (χ2v) is 8.08. The van der Waals surface area contributed by atoms with Gasteiger partial charge >= 0.3 is 0 Å². The quantitative estimate of drug-likeness (QED) is 0.591. The van der Waals surface area contributed by atoms with E-state index in [1.165, 1.54) is 6.26 Å². The maximum absolute atomic E-state index is 11.3. The van der Waals surface area contributed by atoms with E-state index in [9.17, 15) is 13.5 Å². The van der Waals surface area contributed by atoms with Crippen molar-refractivity contribution in [1.29, 1.82) is 0 Å². The second-order valence-electron chi connectivity index (χ2n) is 4.90. The summed E-state index contributed by atoms with van der Waals surface area (Å²) in [6, 6.07) is 6.85. The molecule has 0 aliphatic rings. The van der Waals surface area contributed by atoms with Gasteiger partial charge in [0.25, 0.3) is 0 Å². The summed E-state index contributed by atoms with van der Waals surface area (Å²) in [6.07, 6.45) is 2.73. The standard InChI is InChI=1S/C13H21NO3S2/c1-13(15,10-14)8-3-9-18-11-4-6-12(7-5-11)19(2,16)17/h4-7,15H,3,8-10,14H2,1-2H3. The minimum absolute atomic E-state index is 0.265. The smallest absolute Gasteiger partial charge is 0.175 e. The van der Waals surface area contributed by atoms with Crippen LogP contribution in [0, 0.1) is 0 Å². The Hall–Kier alpha value is -0.560. The molecular formula is C13H21NO3S2. The fraction of sp³-hybridized carbons (Fsp3) is 0.538. The van der Waals surface area contributed by atoms with Gasteiger partial charge in [0.05, 0.1) is 10.5 Å². The fourth-order valence-corrected chi connectivity index (χ4v) is 3.01. The van der Waals surface area contributed by atoms with Crippen molar-refractivity contribution in [2.24, 2.45) is 5.73 Å². The highest BCUT2D eigenvalue weighted by molar-refractivity contribution is 7.99. The molecular weight excluding hydrogens is 282 g/mol. The highest BCUT2D eigenvalue weighted by atomic mass is 32.2. The lowest BCUT2D eigenvalue weighted by Crippen LogP contribution is -2.34.